The van der Waals surface area contributed by atoms with Crippen LogP contribution in [0.15, 0.2) is 53.0 Å². The number of halogens is 1. The van der Waals surface area contributed by atoms with Crippen molar-refractivity contribution < 1.29 is 4.74 Å². The van der Waals surface area contributed by atoms with E-state index in [0.29, 0.717) is 6.10 Å². The monoisotopic (exact) mass is 331 g/mol. The maximum Gasteiger partial charge on any atom is 0.119 e. The van der Waals surface area contributed by atoms with Gasteiger partial charge in [-0.05, 0) is 54.7 Å². The van der Waals surface area contributed by atoms with E-state index in [4.69, 9.17) is 10.5 Å². The summed E-state index contributed by atoms with van der Waals surface area (Å²) in [6.45, 7) is 0. The van der Waals surface area contributed by atoms with Gasteiger partial charge in [-0.15, -0.1) is 0 Å². The molecule has 2 aromatic rings. The second-order valence-corrected chi connectivity index (χ2v) is 6.24. The number of rotatable bonds is 5. The van der Waals surface area contributed by atoms with E-state index in [-0.39, 0.29) is 6.04 Å². The molecule has 0 radical (unpaired) electrons. The average Bonchev–Trinajstić information content (AvgIpc) is 3.23. The Balaban J connectivity index is 1.65. The summed E-state index contributed by atoms with van der Waals surface area (Å²) in [5, 5.41) is 0. The highest BCUT2D eigenvalue weighted by Crippen LogP contribution is 2.27. The summed E-state index contributed by atoms with van der Waals surface area (Å²) in [7, 11) is 0. The van der Waals surface area contributed by atoms with Gasteiger partial charge in [0.15, 0.2) is 0 Å². The molecule has 20 heavy (non-hydrogen) atoms. The fraction of sp³-hybridized carbons (Fsp3) is 0.294. The maximum absolute atomic E-state index is 6.28. The minimum atomic E-state index is 0.0132. The Morgan fingerprint density at radius 1 is 1.15 bits per heavy atom. The van der Waals surface area contributed by atoms with E-state index in [2.05, 4.69) is 40.2 Å². The van der Waals surface area contributed by atoms with Crippen molar-refractivity contribution in [1.82, 2.24) is 0 Å². The van der Waals surface area contributed by atoms with Crippen LogP contribution in [0.5, 0.6) is 5.75 Å². The molecule has 0 aliphatic heterocycles. The first-order chi connectivity index (χ1) is 9.70. The first-order valence-corrected chi connectivity index (χ1v) is 7.76. The van der Waals surface area contributed by atoms with Crippen molar-refractivity contribution in [2.75, 3.05) is 0 Å². The zero-order chi connectivity index (χ0) is 13.9. The first kappa shape index (κ1) is 13.7. The molecule has 2 nitrogen and oxygen atoms in total. The molecule has 0 spiro atoms. The largest absolute Gasteiger partial charge is 0.490 e. The molecular formula is C17H18BrNO. The Hall–Kier alpha value is -1.32. The van der Waals surface area contributed by atoms with Crippen LogP contribution in [0.3, 0.4) is 0 Å². The van der Waals surface area contributed by atoms with Gasteiger partial charge >= 0.3 is 0 Å². The van der Waals surface area contributed by atoms with Gasteiger partial charge in [0.05, 0.1) is 6.10 Å². The van der Waals surface area contributed by atoms with Gasteiger partial charge in [0.1, 0.15) is 5.75 Å². The Morgan fingerprint density at radius 3 is 2.55 bits per heavy atom. The third-order valence-electron chi connectivity index (χ3n) is 3.48. The normalized spacial score (nSPS) is 15.9. The molecule has 0 aromatic heterocycles. The zero-order valence-electron chi connectivity index (χ0n) is 11.3. The molecule has 0 amide bonds. The van der Waals surface area contributed by atoms with Gasteiger partial charge in [-0.25, -0.2) is 0 Å². The minimum absolute atomic E-state index is 0.0132. The van der Waals surface area contributed by atoms with Crippen LogP contribution in [0, 0.1) is 0 Å². The molecule has 2 N–H and O–H groups in total. The van der Waals surface area contributed by atoms with Gasteiger partial charge in [0.25, 0.3) is 0 Å². The maximum atomic E-state index is 6.28. The summed E-state index contributed by atoms with van der Waals surface area (Å²) in [5.41, 5.74) is 8.67. The molecular weight excluding hydrogens is 314 g/mol. The van der Waals surface area contributed by atoms with E-state index in [1.54, 1.807) is 0 Å². The van der Waals surface area contributed by atoms with Crippen molar-refractivity contribution in [3.05, 3.63) is 64.1 Å². The Bertz CT molecular complexity index is 578. The molecule has 1 atom stereocenters. The van der Waals surface area contributed by atoms with Crippen LogP contribution in [0.2, 0.25) is 0 Å². The number of hydrogen-bond acceptors (Lipinski definition) is 2. The Kier molecular flexibility index (Phi) is 4.08. The third kappa shape index (κ3) is 3.62. The fourth-order valence-corrected chi connectivity index (χ4v) is 2.65. The summed E-state index contributed by atoms with van der Waals surface area (Å²) in [4.78, 5) is 0. The van der Waals surface area contributed by atoms with Crippen LogP contribution in [0.25, 0.3) is 0 Å². The van der Waals surface area contributed by atoms with Gasteiger partial charge in [-0.3, -0.25) is 0 Å². The molecule has 1 unspecified atom stereocenters. The molecule has 3 heteroatoms. The van der Waals surface area contributed by atoms with E-state index in [9.17, 15) is 0 Å². The molecule has 104 valence electrons. The highest BCUT2D eigenvalue weighted by atomic mass is 79.9. The van der Waals surface area contributed by atoms with Gasteiger partial charge < -0.3 is 10.5 Å². The number of ether oxygens (including phenoxy) is 1. The van der Waals surface area contributed by atoms with Gasteiger partial charge in [-0.1, -0.05) is 40.2 Å². The van der Waals surface area contributed by atoms with E-state index in [1.165, 1.54) is 18.4 Å². The van der Waals surface area contributed by atoms with Crippen molar-refractivity contribution in [3.63, 3.8) is 0 Å². The topological polar surface area (TPSA) is 35.2 Å². The predicted octanol–water partition coefficient (Wildman–Crippen LogP) is 4.23. The predicted molar refractivity (Wildman–Crippen MR) is 84.9 cm³/mol. The van der Waals surface area contributed by atoms with Crippen molar-refractivity contribution >= 4 is 15.9 Å². The standard InChI is InChI=1S/C17H18BrNO/c18-14-3-1-2-12(10-14)11-17(19)13-4-6-15(7-5-13)20-16-8-9-16/h1-7,10,16-17H,8-9,11,19H2. The number of benzene rings is 2. The average molecular weight is 332 g/mol. The molecule has 1 fully saturated rings. The highest BCUT2D eigenvalue weighted by Gasteiger charge is 2.23. The minimum Gasteiger partial charge on any atom is -0.490 e. The molecule has 0 bridgehead atoms. The molecule has 2 aromatic carbocycles. The van der Waals surface area contributed by atoms with Crippen LogP contribution >= 0.6 is 15.9 Å². The number of hydrogen-bond donors (Lipinski definition) is 1. The van der Waals surface area contributed by atoms with Crippen LogP contribution in [0.1, 0.15) is 30.0 Å². The molecule has 1 aliphatic rings. The summed E-state index contributed by atoms with van der Waals surface area (Å²) in [5.74, 6) is 0.950. The molecule has 0 saturated heterocycles. The van der Waals surface area contributed by atoms with Gasteiger partial charge in [0, 0.05) is 10.5 Å². The molecule has 0 heterocycles. The van der Waals surface area contributed by atoms with Crippen LogP contribution in [-0.4, -0.2) is 6.10 Å². The lowest BCUT2D eigenvalue weighted by Crippen LogP contribution is -2.13. The Labute approximate surface area is 128 Å². The highest BCUT2D eigenvalue weighted by molar-refractivity contribution is 9.10. The molecule has 3 rings (SSSR count). The summed E-state index contributed by atoms with van der Waals surface area (Å²) >= 11 is 3.49. The lowest BCUT2D eigenvalue weighted by atomic mass is 10.00. The van der Waals surface area contributed by atoms with E-state index < -0.39 is 0 Å². The van der Waals surface area contributed by atoms with Gasteiger partial charge in [0.2, 0.25) is 0 Å². The smallest absolute Gasteiger partial charge is 0.119 e. The lowest BCUT2D eigenvalue weighted by Gasteiger charge is -2.13. The first-order valence-electron chi connectivity index (χ1n) is 6.97. The Morgan fingerprint density at radius 2 is 1.90 bits per heavy atom. The zero-order valence-corrected chi connectivity index (χ0v) is 12.8. The van der Waals surface area contributed by atoms with Crippen LogP contribution < -0.4 is 10.5 Å². The van der Waals surface area contributed by atoms with E-state index >= 15 is 0 Å². The van der Waals surface area contributed by atoms with Gasteiger partial charge in [-0.2, -0.15) is 0 Å². The van der Waals surface area contributed by atoms with Crippen molar-refractivity contribution in [2.45, 2.75) is 31.4 Å². The SMILES string of the molecule is NC(Cc1cccc(Br)c1)c1ccc(OC2CC2)cc1. The summed E-state index contributed by atoms with van der Waals surface area (Å²) < 4.78 is 6.84. The second-order valence-electron chi connectivity index (χ2n) is 5.33. The van der Waals surface area contributed by atoms with E-state index in [0.717, 1.165) is 22.2 Å². The van der Waals surface area contributed by atoms with Crippen molar-refractivity contribution in [1.29, 1.82) is 0 Å². The fourth-order valence-electron chi connectivity index (χ4n) is 2.21. The molecule has 1 aliphatic carbocycles. The molecule has 1 saturated carbocycles. The second kappa shape index (κ2) is 5.98. The van der Waals surface area contributed by atoms with E-state index in [1.807, 2.05) is 24.3 Å². The lowest BCUT2D eigenvalue weighted by molar-refractivity contribution is 0.303. The quantitative estimate of drug-likeness (QED) is 0.889. The summed E-state index contributed by atoms with van der Waals surface area (Å²) in [6, 6.07) is 16.5. The van der Waals surface area contributed by atoms with Crippen molar-refractivity contribution in [2.24, 2.45) is 5.73 Å². The third-order valence-corrected chi connectivity index (χ3v) is 3.97. The number of nitrogens with two attached hydrogens (primary N) is 1. The summed E-state index contributed by atoms with van der Waals surface area (Å²) in [6.07, 6.45) is 3.65. The van der Waals surface area contributed by atoms with Crippen LogP contribution in [-0.2, 0) is 6.42 Å². The van der Waals surface area contributed by atoms with Crippen molar-refractivity contribution in [3.8, 4) is 5.75 Å². The van der Waals surface area contributed by atoms with Crippen LogP contribution in [0.4, 0.5) is 0 Å².